The topological polar surface area (TPSA) is 20.3 Å². The van der Waals surface area contributed by atoms with Crippen molar-refractivity contribution in [3.05, 3.63) is 28.2 Å². The smallest absolute Gasteiger partial charge is 0.150 e. The molecule has 1 aromatic carbocycles. The Morgan fingerprint density at radius 3 is 2.94 bits per heavy atom. The van der Waals surface area contributed by atoms with Crippen molar-refractivity contribution in [2.45, 2.75) is 45.1 Å². The number of anilines is 1. The van der Waals surface area contributed by atoms with Gasteiger partial charge in [0.05, 0.1) is 5.69 Å². The largest absolute Gasteiger partial charge is 0.368 e. The number of piperidine rings is 1. The fraction of sp³-hybridized carbons (Fsp3) is 0.533. The first kappa shape index (κ1) is 13.6. The van der Waals surface area contributed by atoms with Crippen molar-refractivity contribution in [2.24, 2.45) is 0 Å². The Hall–Kier alpha value is -0.830. The molecule has 1 unspecified atom stereocenters. The predicted molar refractivity (Wildman–Crippen MR) is 79.4 cm³/mol. The Morgan fingerprint density at radius 2 is 2.28 bits per heavy atom. The van der Waals surface area contributed by atoms with Crippen molar-refractivity contribution in [1.82, 2.24) is 0 Å². The molecule has 1 aliphatic rings. The highest BCUT2D eigenvalue weighted by Crippen LogP contribution is 2.33. The molecular formula is C15H20BrNO. The molecule has 0 N–H and O–H groups in total. The summed E-state index contributed by atoms with van der Waals surface area (Å²) in [7, 11) is 0. The number of benzene rings is 1. The molecule has 0 aromatic heterocycles. The fourth-order valence-corrected chi connectivity index (χ4v) is 3.40. The Morgan fingerprint density at radius 1 is 1.44 bits per heavy atom. The molecule has 1 fully saturated rings. The van der Waals surface area contributed by atoms with E-state index in [9.17, 15) is 4.79 Å². The van der Waals surface area contributed by atoms with Crippen LogP contribution in [-0.4, -0.2) is 18.9 Å². The maximum Gasteiger partial charge on any atom is 0.150 e. The summed E-state index contributed by atoms with van der Waals surface area (Å²) in [6.07, 6.45) is 7.27. The van der Waals surface area contributed by atoms with Gasteiger partial charge in [-0.1, -0.05) is 13.3 Å². The van der Waals surface area contributed by atoms with Crippen LogP contribution in [0.15, 0.2) is 22.7 Å². The van der Waals surface area contributed by atoms with Crippen LogP contribution >= 0.6 is 15.9 Å². The third kappa shape index (κ3) is 2.94. The average molecular weight is 310 g/mol. The van der Waals surface area contributed by atoms with Crippen molar-refractivity contribution in [1.29, 1.82) is 0 Å². The van der Waals surface area contributed by atoms with E-state index in [4.69, 9.17) is 0 Å². The van der Waals surface area contributed by atoms with Crippen LogP contribution in [0.25, 0.3) is 0 Å². The number of carbonyl (C=O) groups excluding carboxylic acids is 1. The minimum Gasteiger partial charge on any atom is -0.368 e. The van der Waals surface area contributed by atoms with E-state index in [1.165, 1.54) is 37.8 Å². The van der Waals surface area contributed by atoms with E-state index in [-0.39, 0.29) is 0 Å². The standard InChI is InChI=1S/C15H20BrNO/c1-2-5-13-6-3-4-9-17(13)15-8-7-12(11-18)10-14(15)16/h7-8,10-11,13H,2-6,9H2,1H3. The number of halogens is 1. The summed E-state index contributed by atoms with van der Waals surface area (Å²) in [4.78, 5) is 13.3. The van der Waals surface area contributed by atoms with Crippen LogP contribution in [-0.2, 0) is 0 Å². The molecule has 0 bridgehead atoms. The summed E-state index contributed by atoms with van der Waals surface area (Å²) >= 11 is 3.60. The Bertz CT molecular complexity index is 417. The third-order valence-corrected chi connectivity index (χ3v) is 4.30. The number of nitrogens with zero attached hydrogens (tertiary/aromatic N) is 1. The number of carbonyl (C=O) groups is 1. The highest BCUT2D eigenvalue weighted by molar-refractivity contribution is 9.10. The van der Waals surface area contributed by atoms with Crippen molar-refractivity contribution >= 4 is 27.9 Å². The van der Waals surface area contributed by atoms with Gasteiger partial charge >= 0.3 is 0 Å². The summed E-state index contributed by atoms with van der Waals surface area (Å²) in [6, 6.07) is 6.55. The summed E-state index contributed by atoms with van der Waals surface area (Å²) in [5, 5.41) is 0. The van der Waals surface area contributed by atoms with Gasteiger partial charge in [-0.25, -0.2) is 0 Å². The highest BCUT2D eigenvalue weighted by Gasteiger charge is 2.23. The Balaban J connectivity index is 2.24. The van der Waals surface area contributed by atoms with Gasteiger partial charge < -0.3 is 4.90 Å². The van der Waals surface area contributed by atoms with E-state index in [1.807, 2.05) is 12.1 Å². The maximum atomic E-state index is 10.8. The first-order valence-electron chi connectivity index (χ1n) is 6.77. The number of hydrogen-bond donors (Lipinski definition) is 0. The minimum atomic E-state index is 0.655. The molecule has 0 saturated carbocycles. The molecule has 0 spiro atoms. The van der Waals surface area contributed by atoms with Gasteiger partial charge in [-0.2, -0.15) is 0 Å². The predicted octanol–water partition coefficient (Wildman–Crippen LogP) is 4.42. The van der Waals surface area contributed by atoms with E-state index in [0.717, 1.165) is 22.9 Å². The third-order valence-electron chi connectivity index (χ3n) is 3.67. The van der Waals surface area contributed by atoms with E-state index in [1.54, 1.807) is 0 Å². The van der Waals surface area contributed by atoms with Gasteiger partial charge in [-0.15, -0.1) is 0 Å². The average Bonchev–Trinajstić information content (AvgIpc) is 2.40. The summed E-state index contributed by atoms with van der Waals surface area (Å²) in [6.45, 7) is 3.38. The number of rotatable bonds is 4. The molecule has 3 heteroatoms. The van der Waals surface area contributed by atoms with Gasteiger partial charge in [-0.05, 0) is 59.8 Å². The second-order valence-electron chi connectivity index (χ2n) is 4.96. The van der Waals surface area contributed by atoms with Crippen molar-refractivity contribution in [2.75, 3.05) is 11.4 Å². The highest BCUT2D eigenvalue weighted by atomic mass is 79.9. The minimum absolute atomic E-state index is 0.655. The second-order valence-corrected chi connectivity index (χ2v) is 5.81. The van der Waals surface area contributed by atoms with Gasteiger partial charge in [0.25, 0.3) is 0 Å². The molecule has 1 aromatic rings. The lowest BCUT2D eigenvalue weighted by Gasteiger charge is -2.38. The van der Waals surface area contributed by atoms with Crippen molar-refractivity contribution in [3.8, 4) is 0 Å². The normalized spacial score (nSPS) is 19.9. The molecular weight excluding hydrogens is 290 g/mol. The first-order valence-corrected chi connectivity index (χ1v) is 7.57. The number of aldehydes is 1. The van der Waals surface area contributed by atoms with Crippen LogP contribution < -0.4 is 4.90 Å². The van der Waals surface area contributed by atoms with Crippen LogP contribution in [0.5, 0.6) is 0 Å². The van der Waals surface area contributed by atoms with E-state index >= 15 is 0 Å². The molecule has 1 saturated heterocycles. The zero-order chi connectivity index (χ0) is 13.0. The van der Waals surface area contributed by atoms with Gasteiger partial charge in [-0.3, -0.25) is 4.79 Å². The van der Waals surface area contributed by atoms with Gasteiger partial charge in [0.15, 0.2) is 0 Å². The summed E-state index contributed by atoms with van der Waals surface area (Å²) < 4.78 is 1.04. The van der Waals surface area contributed by atoms with Crippen LogP contribution in [0.2, 0.25) is 0 Å². The second kappa shape index (κ2) is 6.37. The van der Waals surface area contributed by atoms with Crippen LogP contribution in [0.3, 0.4) is 0 Å². The SMILES string of the molecule is CCCC1CCCCN1c1ccc(C=O)cc1Br. The molecule has 1 heterocycles. The van der Waals surface area contributed by atoms with Crippen molar-refractivity contribution in [3.63, 3.8) is 0 Å². The van der Waals surface area contributed by atoms with E-state index in [2.05, 4.69) is 33.8 Å². The summed E-state index contributed by atoms with van der Waals surface area (Å²) in [5.41, 5.74) is 1.97. The van der Waals surface area contributed by atoms with Crippen LogP contribution in [0, 0.1) is 0 Å². The van der Waals surface area contributed by atoms with Gasteiger partial charge in [0.2, 0.25) is 0 Å². The van der Waals surface area contributed by atoms with E-state index in [0.29, 0.717) is 6.04 Å². The van der Waals surface area contributed by atoms with E-state index < -0.39 is 0 Å². The van der Waals surface area contributed by atoms with Crippen molar-refractivity contribution < 1.29 is 4.79 Å². The van der Waals surface area contributed by atoms with Crippen LogP contribution in [0.1, 0.15) is 49.4 Å². The molecule has 0 amide bonds. The molecule has 18 heavy (non-hydrogen) atoms. The fourth-order valence-electron chi connectivity index (χ4n) is 2.78. The monoisotopic (exact) mass is 309 g/mol. The molecule has 1 atom stereocenters. The zero-order valence-electron chi connectivity index (χ0n) is 10.9. The lowest BCUT2D eigenvalue weighted by Crippen LogP contribution is -2.39. The molecule has 1 aliphatic heterocycles. The zero-order valence-corrected chi connectivity index (χ0v) is 12.4. The molecule has 0 radical (unpaired) electrons. The number of hydrogen-bond acceptors (Lipinski definition) is 2. The van der Waals surface area contributed by atoms with Gasteiger partial charge in [0.1, 0.15) is 6.29 Å². The molecule has 0 aliphatic carbocycles. The lowest BCUT2D eigenvalue weighted by molar-refractivity contribution is 0.112. The Kier molecular flexibility index (Phi) is 4.81. The Labute approximate surface area is 117 Å². The maximum absolute atomic E-state index is 10.8. The molecule has 98 valence electrons. The van der Waals surface area contributed by atoms with Gasteiger partial charge in [0, 0.05) is 22.6 Å². The lowest BCUT2D eigenvalue weighted by atomic mass is 9.97. The summed E-state index contributed by atoms with van der Waals surface area (Å²) in [5.74, 6) is 0. The first-order chi connectivity index (χ1) is 8.76. The quantitative estimate of drug-likeness (QED) is 0.767. The molecule has 2 rings (SSSR count). The van der Waals surface area contributed by atoms with Crippen LogP contribution in [0.4, 0.5) is 5.69 Å². The molecule has 2 nitrogen and oxygen atoms in total.